The molecule has 0 aliphatic heterocycles. The van der Waals surface area contributed by atoms with Crippen molar-refractivity contribution >= 4 is 29.9 Å². The Morgan fingerprint density at radius 1 is 1.30 bits per heavy atom. The van der Waals surface area contributed by atoms with Crippen molar-refractivity contribution in [2.45, 2.75) is 26.8 Å². The number of nitrogens with zero attached hydrogens (tertiary/aromatic N) is 1. The SMILES string of the molecule is Cc1cccc(C)c1NC(=O)CN(C)C(=O)[C@@H](C)N.Cl. The fraction of sp³-hybridized carbons (Fsp3) is 0.429. The lowest BCUT2D eigenvalue weighted by atomic mass is 10.1. The van der Waals surface area contributed by atoms with E-state index in [4.69, 9.17) is 5.73 Å². The van der Waals surface area contributed by atoms with E-state index in [1.165, 1.54) is 4.90 Å². The van der Waals surface area contributed by atoms with Gasteiger partial charge in [0, 0.05) is 12.7 Å². The largest absolute Gasteiger partial charge is 0.335 e. The average molecular weight is 300 g/mol. The molecule has 0 spiro atoms. The standard InChI is InChI=1S/C14H21N3O2.ClH/c1-9-6-5-7-10(2)13(9)16-12(18)8-17(4)14(19)11(3)15;/h5-7,11H,8,15H2,1-4H3,(H,16,18);1H/t11-;/m1./s1. The molecule has 1 aromatic rings. The summed E-state index contributed by atoms with van der Waals surface area (Å²) in [6.45, 7) is 5.45. The van der Waals surface area contributed by atoms with Gasteiger partial charge in [-0.25, -0.2) is 0 Å². The molecule has 20 heavy (non-hydrogen) atoms. The van der Waals surface area contributed by atoms with Gasteiger partial charge in [0.1, 0.15) is 0 Å². The van der Waals surface area contributed by atoms with Crippen LogP contribution in [0.1, 0.15) is 18.1 Å². The summed E-state index contributed by atoms with van der Waals surface area (Å²) >= 11 is 0. The molecule has 0 aromatic heterocycles. The lowest BCUT2D eigenvalue weighted by Gasteiger charge is -2.19. The number of carbonyl (C=O) groups is 2. The van der Waals surface area contributed by atoms with Gasteiger partial charge in [0.25, 0.3) is 0 Å². The molecule has 112 valence electrons. The van der Waals surface area contributed by atoms with Crippen molar-refractivity contribution < 1.29 is 9.59 Å². The van der Waals surface area contributed by atoms with E-state index in [9.17, 15) is 9.59 Å². The van der Waals surface area contributed by atoms with Crippen molar-refractivity contribution in [1.82, 2.24) is 4.90 Å². The first-order valence-electron chi connectivity index (χ1n) is 6.19. The Balaban J connectivity index is 0.00000361. The number of para-hydroxylation sites is 1. The number of amides is 2. The first kappa shape index (κ1) is 18.4. The second-order valence-electron chi connectivity index (χ2n) is 4.80. The Labute approximate surface area is 125 Å². The Morgan fingerprint density at radius 2 is 1.80 bits per heavy atom. The van der Waals surface area contributed by atoms with Gasteiger partial charge in [0.05, 0.1) is 12.6 Å². The Morgan fingerprint density at radius 3 is 2.25 bits per heavy atom. The number of anilines is 1. The van der Waals surface area contributed by atoms with E-state index < -0.39 is 6.04 Å². The first-order valence-corrected chi connectivity index (χ1v) is 6.19. The van der Waals surface area contributed by atoms with Crippen LogP contribution in [0, 0.1) is 13.8 Å². The Bertz CT molecular complexity index is 469. The molecule has 0 aliphatic carbocycles. The van der Waals surface area contributed by atoms with E-state index in [-0.39, 0.29) is 30.8 Å². The zero-order valence-electron chi connectivity index (χ0n) is 12.3. The number of halogens is 1. The van der Waals surface area contributed by atoms with Crippen LogP contribution in [0.4, 0.5) is 5.69 Å². The Kier molecular flexibility index (Phi) is 7.24. The molecule has 0 heterocycles. The molecule has 0 aliphatic rings. The summed E-state index contributed by atoms with van der Waals surface area (Å²) in [7, 11) is 1.57. The molecule has 5 nitrogen and oxygen atoms in total. The van der Waals surface area contributed by atoms with Crippen LogP contribution in [0.25, 0.3) is 0 Å². The predicted molar refractivity (Wildman–Crippen MR) is 83.1 cm³/mol. The number of nitrogens with two attached hydrogens (primary N) is 1. The molecule has 2 amide bonds. The van der Waals surface area contributed by atoms with Crippen molar-refractivity contribution in [2.75, 3.05) is 18.9 Å². The number of carbonyl (C=O) groups excluding carboxylic acids is 2. The number of hydrogen-bond acceptors (Lipinski definition) is 3. The molecule has 0 saturated heterocycles. The van der Waals surface area contributed by atoms with Crippen LogP contribution in [-0.4, -0.2) is 36.3 Å². The van der Waals surface area contributed by atoms with Crippen molar-refractivity contribution in [2.24, 2.45) is 5.73 Å². The zero-order valence-corrected chi connectivity index (χ0v) is 13.1. The second-order valence-corrected chi connectivity index (χ2v) is 4.80. The topological polar surface area (TPSA) is 75.4 Å². The number of likely N-dealkylation sites (N-methyl/N-ethyl adjacent to an activating group) is 1. The fourth-order valence-corrected chi connectivity index (χ4v) is 1.83. The minimum atomic E-state index is -0.599. The summed E-state index contributed by atoms with van der Waals surface area (Å²) in [5.41, 5.74) is 8.28. The van der Waals surface area contributed by atoms with Crippen LogP contribution in [0.2, 0.25) is 0 Å². The summed E-state index contributed by atoms with van der Waals surface area (Å²) in [5, 5.41) is 2.83. The number of nitrogens with one attached hydrogen (secondary N) is 1. The van der Waals surface area contributed by atoms with Crippen LogP contribution in [0.3, 0.4) is 0 Å². The summed E-state index contributed by atoms with van der Waals surface area (Å²) < 4.78 is 0. The quantitative estimate of drug-likeness (QED) is 0.884. The molecule has 1 aromatic carbocycles. The third-order valence-corrected chi connectivity index (χ3v) is 2.89. The third kappa shape index (κ3) is 4.83. The highest BCUT2D eigenvalue weighted by Crippen LogP contribution is 2.19. The van der Waals surface area contributed by atoms with Gasteiger partial charge in [0.2, 0.25) is 11.8 Å². The molecule has 1 atom stereocenters. The van der Waals surface area contributed by atoms with Gasteiger partial charge in [0.15, 0.2) is 0 Å². The van der Waals surface area contributed by atoms with Gasteiger partial charge < -0.3 is 16.0 Å². The highest BCUT2D eigenvalue weighted by Gasteiger charge is 2.16. The lowest BCUT2D eigenvalue weighted by molar-refractivity contribution is -0.134. The maximum atomic E-state index is 11.9. The van der Waals surface area contributed by atoms with Gasteiger partial charge in [-0.2, -0.15) is 0 Å². The van der Waals surface area contributed by atoms with Crippen molar-refractivity contribution in [3.05, 3.63) is 29.3 Å². The van der Waals surface area contributed by atoms with E-state index in [1.54, 1.807) is 14.0 Å². The van der Waals surface area contributed by atoms with Crippen LogP contribution in [0.15, 0.2) is 18.2 Å². The Hall–Kier alpha value is -1.59. The van der Waals surface area contributed by atoms with Gasteiger partial charge in [-0.15, -0.1) is 12.4 Å². The van der Waals surface area contributed by atoms with E-state index in [0.29, 0.717) is 0 Å². The summed E-state index contributed by atoms with van der Waals surface area (Å²) in [6.07, 6.45) is 0. The second kappa shape index (κ2) is 7.87. The summed E-state index contributed by atoms with van der Waals surface area (Å²) in [6, 6.07) is 5.20. The van der Waals surface area contributed by atoms with E-state index >= 15 is 0 Å². The van der Waals surface area contributed by atoms with Crippen LogP contribution in [-0.2, 0) is 9.59 Å². The zero-order chi connectivity index (χ0) is 14.6. The molecule has 0 unspecified atom stereocenters. The van der Waals surface area contributed by atoms with Gasteiger partial charge in [-0.1, -0.05) is 18.2 Å². The highest BCUT2D eigenvalue weighted by atomic mass is 35.5. The number of rotatable bonds is 4. The third-order valence-electron chi connectivity index (χ3n) is 2.89. The molecule has 6 heteroatoms. The number of aryl methyl sites for hydroxylation is 2. The summed E-state index contributed by atoms with van der Waals surface area (Å²) in [5.74, 6) is -0.481. The van der Waals surface area contributed by atoms with Crippen LogP contribution < -0.4 is 11.1 Å². The van der Waals surface area contributed by atoms with Crippen LogP contribution >= 0.6 is 12.4 Å². The molecule has 3 N–H and O–H groups in total. The molecular formula is C14H22ClN3O2. The monoisotopic (exact) mass is 299 g/mol. The van der Waals surface area contributed by atoms with E-state index in [0.717, 1.165) is 16.8 Å². The van der Waals surface area contributed by atoms with Crippen molar-refractivity contribution in [3.63, 3.8) is 0 Å². The van der Waals surface area contributed by atoms with Gasteiger partial charge in [-0.05, 0) is 31.9 Å². The smallest absolute Gasteiger partial charge is 0.243 e. The molecule has 0 fully saturated rings. The van der Waals surface area contributed by atoms with Crippen molar-refractivity contribution in [3.8, 4) is 0 Å². The number of benzene rings is 1. The van der Waals surface area contributed by atoms with Gasteiger partial charge in [-0.3, -0.25) is 9.59 Å². The number of hydrogen-bond donors (Lipinski definition) is 2. The average Bonchev–Trinajstić information content (AvgIpc) is 2.32. The molecule has 0 saturated carbocycles. The van der Waals surface area contributed by atoms with E-state index in [2.05, 4.69) is 5.32 Å². The maximum Gasteiger partial charge on any atom is 0.243 e. The molecule has 0 radical (unpaired) electrons. The molecular weight excluding hydrogens is 278 g/mol. The highest BCUT2D eigenvalue weighted by molar-refractivity contribution is 5.96. The first-order chi connectivity index (χ1) is 8.82. The minimum absolute atomic E-state index is 0. The van der Waals surface area contributed by atoms with Gasteiger partial charge >= 0.3 is 0 Å². The lowest BCUT2D eigenvalue weighted by Crippen LogP contribution is -2.43. The van der Waals surface area contributed by atoms with Crippen LogP contribution in [0.5, 0.6) is 0 Å². The van der Waals surface area contributed by atoms with E-state index in [1.807, 2.05) is 32.0 Å². The van der Waals surface area contributed by atoms with Crippen molar-refractivity contribution in [1.29, 1.82) is 0 Å². The maximum absolute atomic E-state index is 11.9. The molecule has 0 bridgehead atoms. The predicted octanol–water partition coefficient (Wildman–Crippen LogP) is 1.47. The fourth-order valence-electron chi connectivity index (χ4n) is 1.83. The molecule has 1 rings (SSSR count). The minimum Gasteiger partial charge on any atom is -0.335 e. The normalized spacial score (nSPS) is 11.2. The summed E-state index contributed by atoms with van der Waals surface area (Å²) in [4.78, 5) is 24.8.